The summed E-state index contributed by atoms with van der Waals surface area (Å²) < 4.78 is 26.3. The quantitative estimate of drug-likeness (QED) is 0.856. The van der Waals surface area contributed by atoms with Crippen LogP contribution in [0.4, 0.5) is 5.82 Å². The first kappa shape index (κ1) is 15.7. The van der Waals surface area contributed by atoms with Crippen molar-refractivity contribution in [3.63, 3.8) is 0 Å². The topological polar surface area (TPSA) is 72.0 Å². The summed E-state index contributed by atoms with van der Waals surface area (Å²) in [6.07, 6.45) is 1.76. The van der Waals surface area contributed by atoms with Crippen LogP contribution in [0.25, 0.3) is 11.1 Å². The van der Waals surface area contributed by atoms with Crippen LogP contribution in [0.2, 0.25) is 5.15 Å². The first-order valence-electron chi connectivity index (χ1n) is 6.51. The third kappa shape index (κ3) is 3.92. The van der Waals surface area contributed by atoms with Gasteiger partial charge >= 0.3 is 0 Å². The molecule has 2 rings (SSSR count). The van der Waals surface area contributed by atoms with Crippen LogP contribution in [-0.2, 0) is 10.0 Å². The van der Waals surface area contributed by atoms with Crippen molar-refractivity contribution in [3.8, 4) is 11.1 Å². The van der Waals surface area contributed by atoms with Gasteiger partial charge < -0.3 is 0 Å². The van der Waals surface area contributed by atoms with E-state index in [0.29, 0.717) is 12.0 Å². The van der Waals surface area contributed by atoms with E-state index < -0.39 is 10.0 Å². The van der Waals surface area contributed by atoms with Crippen LogP contribution in [0, 0.1) is 6.92 Å². The number of nitrogens with zero attached hydrogens (tertiary/aromatic N) is 2. The molecule has 1 N–H and O–H groups in total. The molecule has 0 aliphatic carbocycles. The van der Waals surface area contributed by atoms with E-state index in [1.54, 1.807) is 6.92 Å². The molecule has 0 aliphatic heterocycles. The van der Waals surface area contributed by atoms with Crippen molar-refractivity contribution >= 4 is 27.4 Å². The van der Waals surface area contributed by atoms with Crippen molar-refractivity contribution in [1.29, 1.82) is 0 Å². The van der Waals surface area contributed by atoms with E-state index in [4.69, 9.17) is 11.6 Å². The smallest absolute Gasteiger partial charge is 0.233 e. The number of benzene rings is 1. The molecule has 2 aromatic rings. The fourth-order valence-corrected chi connectivity index (χ4v) is 3.22. The third-order valence-corrected chi connectivity index (χ3v) is 4.60. The predicted molar refractivity (Wildman–Crippen MR) is 84.9 cm³/mol. The molecule has 1 heterocycles. The lowest BCUT2D eigenvalue weighted by Gasteiger charge is -2.12. The first-order valence-corrected chi connectivity index (χ1v) is 8.54. The van der Waals surface area contributed by atoms with Gasteiger partial charge in [0.1, 0.15) is 11.5 Å². The van der Waals surface area contributed by atoms with Gasteiger partial charge in [0.05, 0.1) is 11.3 Å². The van der Waals surface area contributed by atoms with Gasteiger partial charge in [-0.15, -0.1) is 0 Å². The van der Waals surface area contributed by atoms with E-state index in [2.05, 4.69) is 14.7 Å². The molecule has 0 saturated heterocycles. The number of aryl methyl sites for hydroxylation is 1. The molecule has 5 nitrogen and oxygen atoms in total. The second-order valence-electron chi connectivity index (χ2n) is 4.68. The van der Waals surface area contributed by atoms with Crippen molar-refractivity contribution in [2.45, 2.75) is 20.3 Å². The maximum atomic E-state index is 11.9. The van der Waals surface area contributed by atoms with E-state index in [9.17, 15) is 8.42 Å². The average molecular weight is 326 g/mol. The Morgan fingerprint density at radius 1 is 1.19 bits per heavy atom. The van der Waals surface area contributed by atoms with Crippen molar-refractivity contribution in [1.82, 2.24) is 9.97 Å². The number of hydrogen-bond donors (Lipinski definition) is 1. The summed E-state index contributed by atoms with van der Waals surface area (Å²) in [5.41, 5.74) is 2.35. The zero-order valence-electron chi connectivity index (χ0n) is 11.8. The minimum absolute atomic E-state index is 0.0297. The van der Waals surface area contributed by atoms with Gasteiger partial charge in [-0.25, -0.2) is 18.4 Å². The third-order valence-electron chi connectivity index (χ3n) is 2.87. The minimum atomic E-state index is -3.44. The lowest BCUT2D eigenvalue weighted by molar-refractivity contribution is 0.599. The Morgan fingerprint density at radius 2 is 1.86 bits per heavy atom. The maximum Gasteiger partial charge on any atom is 0.233 e. The molecule has 0 fully saturated rings. The van der Waals surface area contributed by atoms with Crippen LogP contribution in [0.1, 0.15) is 18.9 Å². The Hall–Kier alpha value is -1.66. The van der Waals surface area contributed by atoms with Gasteiger partial charge in [-0.1, -0.05) is 48.4 Å². The summed E-state index contributed by atoms with van der Waals surface area (Å²) in [6.45, 7) is 3.77. The molecule has 0 saturated carbocycles. The molecular weight excluding hydrogens is 310 g/mol. The van der Waals surface area contributed by atoms with E-state index in [-0.39, 0.29) is 16.7 Å². The second-order valence-corrected chi connectivity index (χ2v) is 6.87. The summed E-state index contributed by atoms with van der Waals surface area (Å²) in [4.78, 5) is 7.95. The van der Waals surface area contributed by atoms with Crippen LogP contribution >= 0.6 is 11.6 Å². The zero-order valence-corrected chi connectivity index (χ0v) is 13.4. The van der Waals surface area contributed by atoms with Crippen LogP contribution in [0.3, 0.4) is 0 Å². The molecule has 0 spiro atoms. The Balaban J connectivity index is 2.48. The molecule has 1 aromatic heterocycles. The summed E-state index contributed by atoms with van der Waals surface area (Å²) in [6, 6.07) is 7.56. The second kappa shape index (κ2) is 6.41. The molecule has 112 valence electrons. The van der Waals surface area contributed by atoms with Crippen molar-refractivity contribution in [3.05, 3.63) is 41.3 Å². The summed E-state index contributed by atoms with van der Waals surface area (Å²) in [7, 11) is -3.44. The van der Waals surface area contributed by atoms with Gasteiger partial charge in [0, 0.05) is 0 Å². The molecule has 0 atom stereocenters. The van der Waals surface area contributed by atoms with Crippen molar-refractivity contribution in [2.24, 2.45) is 0 Å². The number of rotatable bonds is 5. The largest absolute Gasteiger partial charge is 0.267 e. The van der Waals surface area contributed by atoms with E-state index in [1.807, 2.05) is 31.2 Å². The van der Waals surface area contributed by atoms with E-state index >= 15 is 0 Å². The SMILES string of the molecule is CCCS(=O)(=O)Nc1ncnc(Cl)c1-c1ccc(C)cc1. The highest BCUT2D eigenvalue weighted by Gasteiger charge is 2.17. The Labute approximate surface area is 129 Å². The number of nitrogens with one attached hydrogen (secondary N) is 1. The lowest BCUT2D eigenvalue weighted by atomic mass is 10.1. The Morgan fingerprint density at radius 3 is 2.48 bits per heavy atom. The molecule has 0 amide bonds. The molecule has 7 heteroatoms. The molecule has 21 heavy (non-hydrogen) atoms. The van der Waals surface area contributed by atoms with Gasteiger partial charge in [0.25, 0.3) is 0 Å². The van der Waals surface area contributed by atoms with E-state index in [0.717, 1.165) is 11.1 Å². The summed E-state index contributed by atoms with van der Waals surface area (Å²) in [5.74, 6) is 0.231. The van der Waals surface area contributed by atoms with Gasteiger partial charge in [-0.3, -0.25) is 4.72 Å². The highest BCUT2D eigenvalue weighted by molar-refractivity contribution is 7.92. The highest BCUT2D eigenvalue weighted by atomic mass is 35.5. The number of anilines is 1. The van der Waals surface area contributed by atoms with Crippen LogP contribution in [-0.4, -0.2) is 24.1 Å². The summed E-state index contributed by atoms with van der Waals surface area (Å²) in [5, 5.41) is 0.211. The number of sulfonamides is 1. The monoisotopic (exact) mass is 325 g/mol. The van der Waals surface area contributed by atoms with E-state index in [1.165, 1.54) is 6.33 Å². The predicted octanol–water partition coefficient (Wildman–Crippen LogP) is 3.26. The maximum absolute atomic E-state index is 11.9. The fraction of sp³-hybridized carbons (Fsp3) is 0.286. The average Bonchev–Trinajstić information content (AvgIpc) is 2.40. The van der Waals surface area contributed by atoms with Gasteiger partial charge in [-0.2, -0.15) is 0 Å². The number of hydrogen-bond acceptors (Lipinski definition) is 4. The number of aromatic nitrogens is 2. The standard InChI is InChI=1S/C14H16ClN3O2S/c1-3-8-21(19,20)18-14-12(13(15)16-9-17-14)11-6-4-10(2)5-7-11/h4-7,9H,3,8H2,1-2H3,(H,16,17,18). The van der Waals surface area contributed by atoms with Crippen molar-refractivity contribution < 1.29 is 8.42 Å². The fourth-order valence-electron chi connectivity index (χ4n) is 1.88. The molecule has 1 aromatic carbocycles. The number of halogens is 1. The van der Waals surface area contributed by atoms with Crippen LogP contribution < -0.4 is 4.72 Å². The molecular formula is C14H16ClN3O2S. The highest BCUT2D eigenvalue weighted by Crippen LogP contribution is 2.32. The molecule has 0 radical (unpaired) electrons. The lowest BCUT2D eigenvalue weighted by Crippen LogP contribution is -2.17. The minimum Gasteiger partial charge on any atom is -0.267 e. The Kier molecular flexibility index (Phi) is 4.80. The molecule has 0 bridgehead atoms. The zero-order chi connectivity index (χ0) is 15.5. The van der Waals surface area contributed by atoms with Gasteiger partial charge in [-0.05, 0) is 18.9 Å². The normalized spacial score (nSPS) is 11.4. The van der Waals surface area contributed by atoms with Crippen LogP contribution in [0.5, 0.6) is 0 Å². The van der Waals surface area contributed by atoms with Crippen LogP contribution in [0.15, 0.2) is 30.6 Å². The van der Waals surface area contributed by atoms with Crippen molar-refractivity contribution in [2.75, 3.05) is 10.5 Å². The van der Waals surface area contributed by atoms with Gasteiger partial charge in [0.2, 0.25) is 10.0 Å². The molecule has 0 aliphatic rings. The molecule has 0 unspecified atom stereocenters. The first-order chi connectivity index (χ1) is 9.93. The van der Waals surface area contributed by atoms with Gasteiger partial charge in [0.15, 0.2) is 5.82 Å². The Bertz CT molecular complexity index is 730. The summed E-state index contributed by atoms with van der Waals surface area (Å²) >= 11 is 6.12.